The van der Waals surface area contributed by atoms with Gasteiger partial charge in [0.25, 0.3) is 5.91 Å². The molecule has 1 saturated heterocycles. The molecule has 1 aliphatic rings. The fourth-order valence-corrected chi connectivity index (χ4v) is 2.56. The van der Waals surface area contributed by atoms with Gasteiger partial charge in [-0.2, -0.15) is 0 Å². The number of benzene rings is 1. The van der Waals surface area contributed by atoms with E-state index in [2.05, 4.69) is 22.6 Å². The summed E-state index contributed by atoms with van der Waals surface area (Å²) in [6.07, 6.45) is 1.57. The second kappa shape index (κ2) is 6.92. The fourth-order valence-electron chi connectivity index (χ4n) is 2.20. The van der Waals surface area contributed by atoms with Crippen LogP contribution in [0.5, 0.6) is 5.75 Å². The maximum absolute atomic E-state index is 12.1. The summed E-state index contributed by atoms with van der Waals surface area (Å²) in [5.74, 6) is 0.00350. The van der Waals surface area contributed by atoms with Crippen molar-refractivity contribution in [3.8, 4) is 5.75 Å². The van der Waals surface area contributed by atoms with Gasteiger partial charge in [-0.05, 0) is 59.7 Å². The summed E-state index contributed by atoms with van der Waals surface area (Å²) in [7, 11) is 0. The number of hydrogen-bond acceptors (Lipinski definition) is 3. The average Bonchev–Trinajstić information content (AvgIpc) is 2.46. The van der Waals surface area contributed by atoms with E-state index in [1.807, 2.05) is 24.3 Å². The molecule has 1 aromatic carbocycles. The van der Waals surface area contributed by atoms with Crippen molar-refractivity contribution in [2.75, 3.05) is 19.7 Å². The Hall–Kier alpha value is -1.31. The molecule has 1 atom stereocenters. The lowest BCUT2D eigenvalue weighted by molar-refractivity contribution is -0.136. The van der Waals surface area contributed by atoms with Crippen molar-refractivity contribution in [3.63, 3.8) is 0 Å². The van der Waals surface area contributed by atoms with E-state index in [1.54, 1.807) is 4.90 Å². The van der Waals surface area contributed by atoms with Crippen LogP contribution in [0.4, 0.5) is 0 Å². The van der Waals surface area contributed by atoms with Crippen molar-refractivity contribution in [2.45, 2.75) is 12.8 Å². The summed E-state index contributed by atoms with van der Waals surface area (Å²) < 4.78 is 6.57. The molecule has 1 fully saturated rings. The number of nitrogens with zero attached hydrogens (tertiary/aromatic N) is 1. The Labute approximate surface area is 131 Å². The first kappa shape index (κ1) is 15.1. The van der Waals surface area contributed by atoms with Crippen molar-refractivity contribution in [1.82, 2.24) is 4.90 Å². The maximum atomic E-state index is 12.1. The van der Waals surface area contributed by atoms with E-state index in [1.165, 1.54) is 0 Å². The third-order valence-corrected chi connectivity index (χ3v) is 4.07. The van der Waals surface area contributed by atoms with Crippen LogP contribution in [-0.2, 0) is 9.59 Å². The molecule has 0 saturated carbocycles. The molecule has 0 spiro atoms. The van der Waals surface area contributed by atoms with Crippen LogP contribution in [0, 0.1) is 9.49 Å². The quantitative estimate of drug-likeness (QED) is 0.793. The zero-order valence-electron chi connectivity index (χ0n) is 11.0. The Morgan fingerprint density at radius 3 is 2.70 bits per heavy atom. The van der Waals surface area contributed by atoms with Gasteiger partial charge >= 0.3 is 0 Å². The Morgan fingerprint density at radius 2 is 2.05 bits per heavy atom. The van der Waals surface area contributed by atoms with Gasteiger partial charge in [0.15, 0.2) is 6.61 Å². The maximum Gasteiger partial charge on any atom is 0.260 e. The molecule has 0 aromatic heterocycles. The van der Waals surface area contributed by atoms with Crippen LogP contribution < -0.4 is 10.5 Å². The summed E-state index contributed by atoms with van der Waals surface area (Å²) >= 11 is 2.21. The zero-order chi connectivity index (χ0) is 14.5. The number of rotatable bonds is 4. The molecule has 108 valence electrons. The third-order valence-electron chi connectivity index (χ3n) is 3.35. The number of halogens is 1. The van der Waals surface area contributed by atoms with Gasteiger partial charge in [0.2, 0.25) is 5.91 Å². The Morgan fingerprint density at radius 1 is 1.35 bits per heavy atom. The first-order valence-corrected chi connectivity index (χ1v) is 7.59. The number of piperidine rings is 1. The van der Waals surface area contributed by atoms with E-state index in [-0.39, 0.29) is 24.3 Å². The minimum atomic E-state index is -0.332. The fraction of sp³-hybridized carbons (Fsp3) is 0.429. The van der Waals surface area contributed by atoms with Crippen LogP contribution in [0.2, 0.25) is 0 Å². The molecule has 0 bridgehead atoms. The largest absolute Gasteiger partial charge is 0.484 e. The van der Waals surface area contributed by atoms with E-state index in [4.69, 9.17) is 10.5 Å². The predicted molar refractivity (Wildman–Crippen MR) is 83.2 cm³/mol. The third kappa shape index (κ3) is 4.09. The monoisotopic (exact) mass is 388 g/mol. The number of carbonyl (C=O) groups excluding carboxylic acids is 2. The number of nitrogens with two attached hydrogens (primary N) is 1. The summed E-state index contributed by atoms with van der Waals surface area (Å²) in [6.45, 7) is 1.06. The van der Waals surface area contributed by atoms with E-state index in [0.29, 0.717) is 18.8 Å². The van der Waals surface area contributed by atoms with Gasteiger partial charge in [0.1, 0.15) is 5.75 Å². The molecule has 1 heterocycles. The second-order valence-corrected chi connectivity index (χ2v) is 6.07. The first-order chi connectivity index (χ1) is 9.56. The van der Waals surface area contributed by atoms with Crippen LogP contribution in [0.25, 0.3) is 0 Å². The molecule has 2 amide bonds. The van der Waals surface area contributed by atoms with Crippen molar-refractivity contribution < 1.29 is 14.3 Å². The molecule has 6 heteroatoms. The number of ether oxygens (including phenoxy) is 1. The Balaban J connectivity index is 1.85. The molecule has 0 aliphatic carbocycles. The van der Waals surface area contributed by atoms with Crippen molar-refractivity contribution in [3.05, 3.63) is 27.8 Å². The Bertz CT molecular complexity index is 490. The standard InChI is InChI=1S/C14H17IN2O3/c15-11-3-5-12(6-4-11)20-9-13(18)17-7-1-2-10(8-17)14(16)19/h3-6,10H,1-2,7-9H2,(H2,16,19). The van der Waals surface area contributed by atoms with Gasteiger partial charge < -0.3 is 15.4 Å². The van der Waals surface area contributed by atoms with Crippen LogP contribution in [-0.4, -0.2) is 36.4 Å². The number of primary amides is 1. The van der Waals surface area contributed by atoms with Crippen LogP contribution in [0.3, 0.4) is 0 Å². The highest BCUT2D eigenvalue weighted by Gasteiger charge is 2.26. The lowest BCUT2D eigenvalue weighted by atomic mass is 9.97. The molecule has 5 nitrogen and oxygen atoms in total. The summed E-state index contributed by atoms with van der Waals surface area (Å²) in [4.78, 5) is 24.9. The van der Waals surface area contributed by atoms with Crippen molar-refractivity contribution in [1.29, 1.82) is 0 Å². The van der Waals surface area contributed by atoms with E-state index in [0.717, 1.165) is 16.4 Å². The minimum absolute atomic E-state index is 0.00786. The summed E-state index contributed by atoms with van der Waals surface area (Å²) in [5, 5.41) is 0. The van der Waals surface area contributed by atoms with Crippen LogP contribution in [0.15, 0.2) is 24.3 Å². The predicted octanol–water partition coefficient (Wildman–Crippen LogP) is 1.39. The van der Waals surface area contributed by atoms with Crippen molar-refractivity contribution in [2.24, 2.45) is 11.7 Å². The molecule has 2 N–H and O–H groups in total. The summed E-state index contributed by atoms with van der Waals surface area (Å²) in [6, 6.07) is 7.50. The van der Waals surface area contributed by atoms with E-state index >= 15 is 0 Å². The van der Waals surface area contributed by atoms with E-state index in [9.17, 15) is 9.59 Å². The molecular formula is C14H17IN2O3. The van der Waals surface area contributed by atoms with Gasteiger partial charge in [-0.25, -0.2) is 0 Å². The van der Waals surface area contributed by atoms with Gasteiger partial charge in [-0.1, -0.05) is 0 Å². The summed E-state index contributed by atoms with van der Waals surface area (Å²) in [5.41, 5.74) is 5.30. The lowest BCUT2D eigenvalue weighted by Crippen LogP contribution is -2.45. The number of likely N-dealkylation sites (tertiary alicyclic amines) is 1. The van der Waals surface area contributed by atoms with Gasteiger partial charge in [-0.3, -0.25) is 9.59 Å². The molecule has 1 unspecified atom stereocenters. The van der Waals surface area contributed by atoms with Gasteiger partial charge in [-0.15, -0.1) is 0 Å². The normalized spacial score (nSPS) is 18.6. The molecule has 1 aliphatic heterocycles. The minimum Gasteiger partial charge on any atom is -0.484 e. The Kier molecular flexibility index (Phi) is 5.22. The van der Waals surface area contributed by atoms with E-state index < -0.39 is 0 Å². The first-order valence-electron chi connectivity index (χ1n) is 6.51. The van der Waals surface area contributed by atoms with Gasteiger partial charge in [0, 0.05) is 16.7 Å². The second-order valence-electron chi connectivity index (χ2n) is 4.82. The molecule has 2 rings (SSSR count). The molecule has 1 aromatic rings. The average molecular weight is 388 g/mol. The SMILES string of the molecule is NC(=O)C1CCCN(C(=O)COc2ccc(I)cc2)C1. The molecule has 0 radical (unpaired) electrons. The lowest BCUT2D eigenvalue weighted by Gasteiger charge is -2.31. The highest BCUT2D eigenvalue weighted by Crippen LogP contribution is 2.17. The number of carbonyl (C=O) groups is 2. The van der Waals surface area contributed by atoms with Crippen molar-refractivity contribution >= 4 is 34.4 Å². The number of amides is 2. The smallest absolute Gasteiger partial charge is 0.260 e. The highest BCUT2D eigenvalue weighted by molar-refractivity contribution is 14.1. The van der Waals surface area contributed by atoms with Gasteiger partial charge in [0.05, 0.1) is 5.92 Å². The molecule has 20 heavy (non-hydrogen) atoms. The number of hydrogen-bond donors (Lipinski definition) is 1. The van der Waals surface area contributed by atoms with Crippen LogP contribution >= 0.6 is 22.6 Å². The topological polar surface area (TPSA) is 72.6 Å². The molecular weight excluding hydrogens is 371 g/mol. The zero-order valence-corrected chi connectivity index (χ0v) is 13.2. The highest BCUT2D eigenvalue weighted by atomic mass is 127. The van der Waals surface area contributed by atoms with Crippen LogP contribution in [0.1, 0.15) is 12.8 Å².